The summed E-state index contributed by atoms with van der Waals surface area (Å²) in [6.07, 6.45) is 2.54. The van der Waals surface area contributed by atoms with Crippen LogP contribution in [0, 0.1) is 5.82 Å². The molecule has 3 N–H and O–H groups in total. The molecule has 35 heavy (non-hydrogen) atoms. The molecule has 0 bridgehead atoms. The van der Waals surface area contributed by atoms with Crippen LogP contribution in [0.5, 0.6) is 0 Å². The molecule has 1 amide bonds. The standard InChI is InChI=1S/C27H22FN5OS/c28-22-9-6-18(7-10-22)12-13-33-17-25(31-32-33)19-3-1-4-21(15-19)27(34)30-24-16-20(8-11-23(24)29)26-5-2-14-35-26/h1-11,14-17H,12-13,29H2,(H,30,34). The van der Waals surface area contributed by atoms with Crippen LogP contribution in [-0.2, 0) is 13.0 Å². The van der Waals surface area contributed by atoms with Gasteiger partial charge in [-0.15, -0.1) is 16.4 Å². The van der Waals surface area contributed by atoms with E-state index in [0.717, 1.165) is 21.6 Å². The minimum atomic E-state index is -0.259. The van der Waals surface area contributed by atoms with Gasteiger partial charge in [-0.25, -0.2) is 4.39 Å². The Morgan fingerprint density at radius 1 is 1.00 bits per heavy atom. The van der Waals surface area contributed by atoms with Gasteiger partial charge in [-0.05, 0) is 65.4 Å². The number of amides is 1. The topological polar surface area (TPSA) is 85.8 Å². The van der Waals surface area contributed by atoms with Crippen molar-refractivity contribution in [1.82, 2.24) is 15.0 Å². The summed E-state index contributed by atoms with van der Waals surface area (Å²) >= 11 is 1.63. The number of hydrogen-bond donors (Lipinski definition) is 2. The van der Waals surface area contributed by atoms with E-state index in [1.807, 2.05) is 48.0 Å². The fraction of sp³-hybridized carbons (Fsp3) is 0.0741. The largest absolute Gasteiger partial charge is 0.397 e. The average molecular weight is 484 g/mol. The Labute approximate surface area is 205 Å². The normalized spacial score (nSPS) is 10.9. The minimum absolute atomic E-state index is 0.251. The van der Waals surface area contributed by atoms with Crippen LogP contribution in [0.4, 0.5) is 15.8 Å². The van der Waals surface area contributed by atoms with Crippen LogP contribution in [0.3, 0.4) is 0 Å². The van der Waals surface area contributed by atoms with Gasteiger partial charge < -0.3 is 11.1 Å². The molecule has 2 aromatic heterocycles. The highest BCUT2D eigenvalue weighted by Gasteiger charge is 2.12. The molecule has 0 saturated heterocycles. The molecule has 6 nitrogen and oxygen atoms in total. The van der Waals surface area contributed by atoms with E-state index in [2.05, 4.69) is 15.6 Å². The number of aromatic nitrogens is 3. The Kier molecular flexibility index (Phi) is 6.36. The number of halogens is 1. The zero-order valence-electron chi connectivity index (χ0n) is 18.7. The maximum absolute atomic E-state index is 13.1. The summed E-state index contributed by atoms with van der Waals surface area (Å²) in [6, 6.07) is 23.3. The summed E-state index contributed by atoms with van der Waals surface area (Å²) in [7, 11) is 0. The number of aryl methyl sites for hydroxylation is 2. The van der Waals surface area contributed by atoms with Gasteiger partial charge in [-0.3, -0.25) is 9.48 Å². The number of carbonyl (C=O) groups is 1. The maximum Gasteiger partial charge on any atom is 0.255 e. The first kappa shape index (κ1) is 22.5. The van der Waals surface area contributed by atoms with Gasteiger partial charge in [-0.1, -0.05) is 41.6 Å². The van der Waals surface area contributed by atoms with E-state index in [-0.39, 0.29) is 11.7 Å². The molecule has 0 atom stereocenters. The first-order valence-electron chi connectivity index (χ1n) is 11.0. The van der Waals surface area contributed by atoms with Gasteiger partial charge in [0, 0.05) is 22.5 Å². The smallest absolute Gasteiger partial charge is 0.255 e. The summed E-state index contributed by atoms with van der Waals surface area (Å²) in [5.74, 6) is -0.510. The van der Waals surface area contributed by atoms with Crippen molar-refractivity contribution < 1.29 is 9.18 Å². The Bertz CT molecular complexity index is 1460. The lowest BCUT2D eigenvalue weighted by Crippen LogP contribution is -2.13. The second kappa shape index (κ2) is 9.90. The van der Waals surface area contributed by atoms with Gasteiger partial charge in [0.15, 0.2) is 0 Å². The molecule has 0 aliphatic carbocycles. The highest BCUT2D eigenvalue weighted by molar-refractivity contribution is 7.13. The van der Waals surface area contributed by atoms with Gasteiger partial charge in [0.25, 0.3) is 5.91 Å². The lowest BCUT2D eigenvalue weighted by atomic mass is 10.1. The molecule has 174 valence electrons. The Morgan fingerprint density at radius 2 is 1.86 bits per heavy atom. The lowest BCUT2D eigenvalue weighted by molar-refractivity contribution is 0.102. The Morgan fingerprint density at radius 3 is 2.66 bits per heavy atom. The number of thiophene rings is 1. The van der Waals surface area contributed by atoms with Crippen LogP contribution in [0.15, 0.2) is 90.4 Å². The molecule has 2 heterocycles. The molecule has 8 heteroatoms. The van der Waals surface area contributed by atoms with E-state index in [1.165, 1.54) is 12.1 Å². The van der Waals surface area contributed by atoms with E-state index < -0.39 is 0 Å². The van der Waals surface area contributed by atoms with Crippen LogP contribution >= 0.6 is 11.3 Å². The number of nitrogen functional groups attached to an aromatic ring is 1. The van der Waals surface area contributed by atoms with Crippen LogP contribution in [0.2, 0.25) is 0 Å². The highest BCUT2D eigenvalue weighted by Crippen LogP contribution is 2.30. The minimum Gasteiger partial charge on any atom is -0.397 e. The van der Waals surface area contributed by atoms with Crippen molar-refractivity contribution in [2.45, 2.75) is 13.0 Å². The molecule has 5 aromatic rings. The molecule has 0 aliphatic rings. The summed E-state index contributed by atoms with van der Waals surface area (Å²) in [5.41, 5.74) is 11.1. The average Bonchev–Trinajstić information content (AvgIpc) is 3.58. The van der Waals surface area contributed by atoms with Crippen molar-refractivity contribution in [2.75, 3.05) is 11.1 Å². The number of benzene rings is 3. The Balaban J connectivity index is 1.29. The molecule has 0 radical (unpaired) electrons. The number of nitrogens with two attached hydrogens (primary N) is 1. The van der Waals surface area contributed by atoms with Crippen LogP contribution < -0.4 is 11.1 Å². The molecule has 0 saturated carbocycles. The predicted molar refractivity (Wildman–Crippen MR) is 138 cm³/mol. The monoisotopic (exact) mass is 483 g/mol. The van der Waals surface area contributed by atoms with E-state index in [4.69, 9.17) is 5.73 Å². The highest BCUT2D eigenvalue weighted by atomic mass is 32.1. The fourth-order valence-electron chi connectivity index (χ4n) is 3.71. The summed E-state index contributed by atoms with van der Waals surface area (Å²) in [6.45, 7) is 0.610. The quantitative estimate of drug-likeness (QED) is 0.283. The van der Waals surface area contributed by atoms with Crippen LogP contribution in [-0.4, -0.2) is 20.9 Å². The SMILES string of the molecule is Nc1ccc(-c2cccs2)cc1NC(=O)c1cccc(-c2cn(CCc3ccc(F)cc3)nn2)c1. The molecule has 5 rings (SSSR count). The number of rotatable bonds is 7. The van der Waals surface area contributed by atoms with Crippen molar-refractivity contribution >= 4 is 28.6 Å². The third-order valence-corrected chi connectivity index (χ3v) is 6.53. The van der Waals surface area contributed by atoms with Crippen molar-refractivity contribution in [3.05, 3.63) is 107 Å². The zero-order chi connectivity index (χ0) is 24.2. The molecule has 0 fully saturated rings. The van der Waals surface area contributed by atoms with Crippen LogP contribution in [0.25, 0.3) is 21.7 Å². The summed E-state index contributed by atoms with van der Waals surface area (Å²) in [4.78, 5) is 14.1. The van der Waals surface area contributed by atoms with Gasteiger partial charge in [0.2, 0.25) is 0 Å². The second-order valence-electron chi connectivity index (χ2n) is 8.06. The second-order valence-corrected chi connectivity index (χ2v) is 9.01. The maximum atomic E-state index is 13.1. The van der Waals surface area contributed by atoms with Gasteiger partial charge in [0.05, 0.1) is 17.6 Å². The molecular weight excluding hydrogens is 461 g/mol. The number of nitrogens with zero attached hydrogens (tertiary/aromatic N) is 3. The third kappa shape index (κ3) is 5.28. The number of nitrogens with one attached hydrogen (secondary N) is 1. The lowest BCUT2D eigenvalue weighted by Gasteiger charge is -2.10. The molecular formula is C27H22FN5OS. The third-order valence-electron chi connectivity index (χ3n) is 5.61. The fourth-order valence-corrected chi connectivity index (χ4v) is 4.43. The summed E-state index contributed by atoms with van der Waals surface area (Å²) < 4.78 is 14.8. The molecule has 0 spiro atoms. The van der Waals surface area contributed by atoms with Gasteiger partial charge in [0.1, 0.15) is 11.5 Å². The van der Waals surface area contributed by atoms with Gasteiger partial charge >= 0.3 is 0 Å². The van der Waals surface area contributed by atoms with Gasteiger partial charge in [-0.2, -0.15) is 0 Å². The first-order valence-corrected chi connectivity index (χ1v) is 11.9. The molecule has 3 aromatic carbocycles. The van der Waals surface area contributed by atoms with E-state index >= 15 is 0 Å². The van der Waals surface area contributed by atoms with Crippen molar-refractivity contribution in [1.29, 1.82) is 0 Å². The molecule has 0 aliphatic heterocycles. The van der Waals surface area contributed by atoms with Crippen molar-refractivity contribution in [3.8, 4) is 21.7 Å². The molecule has 0 unspecified atom stereocenters. The van der Waals surface area contributed by atoms with Crippen molar-refractivity contribution in [2.24, 2.45) is 0 Å². The number of hydrogen-bond acceptors (Lipinski definition) is 5. The first-order chi connectivity index (χ1) is 17.0. The Hall–Kier alpha value is -4.30. The predicted octanol–water partition coefficient (Wildman–Crippen LogP) is 5.89. The van der Waals surface area contributed by atoms with E-state index in [0.29, 0.717) is 35.6 Å². The number of anilines is 2. The van der Waals surface area contributed by atoms with E-state index in [1.54, 1.807) is 46.4 Å². The van der Waals surface area contributed by atoms with E-state index in [9.17, 15) is 9.18 Å². The van der Waals surface area contributed by atoms with Crippen molar-refractivity contribution in [3.63, 3.8) is 0 Å². The van der Waals surface area contributed by atoms with Crippen LogP contribution in [0.1, 0.15) is 15.9 Å². The number of carbonyl (C=O) groups excluding carboxylic acids is 1. The zero-order valence-corrected chi connectivity index (χ0v) is 19.5. The summed E-state index contributed by atoms with van der Waals surface area (Å²) in [5, 5.41) is 13.4.